The summed E-state index contributed by atoms with van der Waals surface area (Å²) in [6.07, 6.45) is 2.53. The summed E-state index contributed by atoms with van der Waals surface area (Å²) in [5.74, 6) is 2.37. The van der Waals surface area contributed by atoms with Crippen LogP contribution in [0.15, 0.2) is 30.5 Å². The number of hydrogen-bond donors (Lipinski definition) is 1. The van der Waals surface area contributed by atoms with Crippen molar-refractivity contribution in [3.8, 4) is 5.75 Å². The lowest BCUT2D eigenvalue weighted by Crippen LogP contribution is -2.45. The third-order valence-electron chi connectivity index (χ3n) is 4.23. The minimum absolute atomic E-state index is 0.699. The van der Waals surface area contributed by atoms with Gasteiger partial charge in [-0.2, -0.15) is 10.1 Å². The van der Waals surface area contributed by atoms with Crippen molar-refractivity contribution in [2.75, 3.05) is 57.1 Å². The second-order valence-electron chi connectivity index (χ2n) is 5.92. The third kappa shape index (κ3) is 4.11. The van der Waals surface area contributed by atoms with Crippen LogP contribution in [-0.4, -0.2) is 67.0 Å². The Kier molecular flexibility index (Phi) is 5.43. The number of nitrogens with one attached hydrogen (secondary N) is 1. The van der Waals surface area contributed by atoms with Crippen LogP contribution in [0.2, 0.25) is 0 Å². The fourth-order valence-corrected chi connectivity index (χ4v) is 2.75. The molecule has 1 aliphatic rings. The van der Waals surface area contributed by atoms with Gasteiger partial charge in [-0.1, -0.05) is 18.2 Å². The second-order valence-corrected chi connectivity index (χ2v) is 5.92. The number of para-hydroxylation sites is 1. The molecule has 0 unspecified atom stereocenters. The van der Waals surface area contributed by atoms with Crippen molar-refractivity contribution in [1.82, 2.24) is 20.1 Å². The molecule has 0 bridgehead atoms. The highest BCUT2D eigenvalue weighted by Crippen LogP contribution is 2.18. The van der Waals surface area contributed by atoms with Crippen molar-refractivity contribution >= 4 is 11.8 Å². The van der Waals surface area contributed by atoms with Gasteiger partial charge < -0.3 is 19.9 Å². The molecule has 0 spiro atoms. The summed E-state index contributed by atoms with van der Waals surface area (Å²) in [6, 6.07) is 8.06. The summed E-state index contributed by atoms with van der Waals surface area (Å²) in [5, 5.41) is 11.6. The molecule has 0 amide bonds. The minimum Gasteiger partial charge on any atom is -0.496 e. The second kappa shape index (κ2) is 7.92. The number of aromatic nitrogens is 3. The van der Waals surface area contributed by atoms with E-state index in [1.165, 1.54) is 5.56 Å². The number of benzene rings is 1. The lowest BCUT2D eigenvalue weighted by Gasteiger charge is -2.32. The molecule has 24 heavy (non-hydrogen) atoms. The topological polar surface area (TPSA) is 66.4 Å². The van der Waals surface area contributed by atoms with Crippen molar-refractivity contribution in [2.24, 2.45) is 0 Å². The molecule has 1 saturated heterocycles. The van der Waals surface area contributed by atoms with Crippen LogP contribution in [0.3, 0.4) is 0 Å². The highest BCUT2D eigenvalue weighted by molar-refractivity contribution is 5.40. The van der Waals surface area contributed by atoms with E-state index in [-0.39, 0.29) is 0 Å². The normalized spacial score (nSPS) is 15.3. The zero-order valence-corrected chi connectivity index (χ0v) is 14.3. The van der Waals surface area contributed by atoms with Crippen LogP contribution in [0, 0.1) is 0 Å². The Morgan fingerprint density at radius 3 is 2.75 bits per heavy atom. The van der Waals surface area contributed by atoms with Gasteiger partial charge >= 0.3 is 0 Å². The average Bonchev–Trinajstić information content (AvgIpc) is 2.63. The summed E-state index contributed by atoms with van der Waals surface area (Å²) in [4.78, 5) is 9.07. The smallest absolute Gasteiger partial charge is 0.247 e. The first-order valence-electron chi connectivity index (χ1n) is 8.25. The Balaban J connectivity index is 1.57. The summed E-state index contributed by atoms with van der Waals surface area (Å²) < 4.78 is 5.38. The van der Waals surface area contributed by atoms with Gasteiger partial charge in [-0.25, -0.2) is 0 Å². The summed E-state index contributed by atoms with van der Waals surface area (Å²) in [7, 11) is 3.83. The number of piperazine rings is 1. The fraction of sp³-hybridized carbons (Fsp3) is 0.471. The van der Waals surface area contributed by atoms with E-state index in [4.69, 9.17) is 4.74 Å². The van der Waals surface area contributed by atoms with Crippen molar-refractivity contribution < 1.29 is 4.74 Å². The Morgan fingerprint density at radius 1 is 1.17 bits per heavy atom. The molecule has 1 fully saturated rings. The molecule has 3 rings (SSSR count). The zero-order chi connectivity index (χ0) is 16.8. The summed E-state index contributed by atoms with van der Waals surface area (Å²) >= 11 is 0. The number of ether oxygens (including phenoxy) is 1. The predicted molar refractivity (Wildman–Crippen MR) is 94.7 cm³/mol. The first-order chi connectivity index (χ1) is 11.8. The van der Waals surface area contributed by atoms with Crippen molar-refractivity contribution in [2.45, 2.75) is 6.42 Å². The van der Waals surface area contributed by atoms with Gasteiger partial charge in [0.15, 0.2) is 5.82 Å². The van der Waals surface area contributed by atoms with Gasteiger partial charge in [-0.15, -0.1) is 5.10 Å². The molecule has 7 nitrogen and oxygen atoms in total. The molecule has 1 N–H and O–H groups in total. The monoisotopic (exact) mass is 328 g/mol. The maximum Gasteiger partial charge on any atom is 0.247 e. The summed E-state index contributed by atoms with van der Waals surface area (Å²) in [5.41, 5.74) is 1.17. The first-order valence-corrected chi connectivity index (χ1v) is 8.25. The van der Waals surface area contributed by atoms with Gasteiger partial charge in [0.1, 0.15) is 5.75 Å². The van der Waals surface area contributed by atoms with Gasteiger partial charge in [0, 0.05) is 32.7 Å². The molecule has 2 aromatic rings. The van der Waals surface area contributed by atoms with Gasteiger partial charge in [0.25, 0.3) is 0 Å². The number of methoxy groups -OCH3 is 1. The zero-order valence-electron chi connectivity index (χ0n) is 14.3. The van der Waals surface area contributed by atoms with Crippen LogP contribution in [0.25, 0.3) is 0 Å². The number of hydrogen-bond acceptors (Lipinski definition) is 7. The van der Waals surface area contributed by atoms with Crippen molar-refractivity contribution in [3.63, 3.8) is 0 Å². The summed E-state index contributed by atoms with van der Waals surface area (Å²) in [6.45, 7) is 4.68. The molecule has 1 aromatic carbocycles. The molecule has 0 saturated carbocycles. The van der Waals surface area contributed by atoms with Gasteiger partial charge in [0.2, 0.25) is 5.95 Å². The maximum absolute atomic E-state index is 5.38. The van der Waals surface area contributed by atoms with Crippen molar-refractivity contribution in [3.05, 3.63) is 36.0 Å². The number of likely N-dealkylation sites (N-methyl/N-ethyl adjacent to an activating group) is 1. The number of rotatable bonds is 6. The Morgan fingerprint density at radius 2 is 1.96 bits per heavy atom. The van der Waals surface area contributed by atoms with Crippen LogP contribution in [0.1, 0.15) is 5.56 Å². The molecule has 0 atom stereocenters. The number of anilines is 2. The first kappa shape index (κ1) is 16.4. The maximum atomic E-state index is 5.38. The fourth-order valence-electron chi connectivity index (χ4n) is 2.75. The molecule has 128 valence electrons. The van der Waals surface area contributed by atoms with Crippen molar-refractivity contribution in [1.29, 1.82) is 0 Å². The minimum atomic E-state index is 0.699. The number of nitrogens with zero attached hydrogens (tertiary/aromatic N) is 5. The van der Waals surface area contributed by atoms with Crippen LogP contribution >= 0.6 is 0 Å². The van der Waals surface area contributed by atoms with Crippen LogP contribution < -0.4 is 15.0 Å². The van der Waals surface area contributed by atoms with E-state index in [9.17, 15) is 0 Å². The third-order valence-corrected chi connectivity index (χ3v) is 4.23. The van der Waals surface area contributed by atoms with E-state index >= 15 is 0 Å². The molecule has 1 aliphatic heterocycles. The van der Waals surface area contributed by atoms with E-state index in [1.807, 2.05) is 18.2 Å². The quantitative estimate of drug-likeness (QED) is 0.857. The highest BCUT2D eigenvalue weighted by Gasteiger charge is 2.17. The SMILES string of the molecule is COc1ccccc1CCNc1cnnc(N2CCN(C)CC2)n1. The lowest BCUT2D eigenvalue weighted by atomic mass is 10.1. The van der Waals surface area contributed by atoms with Gasteiger partial charge in [-0.05, 0) is 25.1 Å². The van der Waals surface area contributed by atoms with Gasteiger partial charge in [0.05, 0.1) is 13.3 Å². The molecule has 0 radical (unpaired) electrons. The van der Waals surface area contributed by atoms with E-state index in [0.717, 1.165) is 50.7 Å². The lowest BCUT2D eigenvalue weighted by molar-refractivity contribution is 0.311. The Hall–Kier alpha value is -2.41. The largest absolute Gasteiger partial charge is 0.496 e. The standard InChI is InChI=1S/C17H24N6O/c1-22-9-11-23(12-10-22)17-20-16(13-19-21-17)18-8-7-14-5-3-4-6-15(14)24-2/h3-6,13H,7-12H2,1-2H3,(H,18,20,21). The highest BCUT2D eigenvalue weighted by atomic mass is 16.5. The van der Waals surface area contributed by atoms with Crippen LogP contribution in [-0.2, 0) is 6.42 Å². The van der Waals surface area contributed by atoms with E-state index < -0.39 is 0 Å². The van der Waals surface area contributed by atoms with Crippen LogP contribution in [0.4, 0.5) is 11.8 Å². The molecular weight excluding hydrogens is 304 g/mol. The van der Waals surface area contributed by atoms with Crippen LogP contribution in [0.5, 0.6) is 5.75 Å². The molecule has 1 aromatic heterocycles. The van der Waals surface area contributed by atoms with E-state index in [0.29, 0.717) is 5.95 Å². The van der Waals surface area contributed by atoms with E-state index in [1.54, 1.807) is 13.3 Å². The van der Waals surface area contributed by atoms with E-state index in [2.05, 4.69) is 43.4 Å². The van der Waals surface area contributed by atoms with Gasteiger partial charge in [-0.3, -0.25) is 0 Å². The Labute approximate surface area is 142 Å². The molecular formula is C17H24N6O. The average molecular weight is 328 g/mol. The molecule has 0 aliphatic carbocycles. The molecule has 7 heteroatoms. The molecule has 2 heterocycles. The Bertz CT molecular complexity index is 657. The predicted octanol–water partition coefficient (Wildman–Crippen LogP) is 1.29.